The van der Waals surface area contributed by atoms with Crippen molar-refractivity contribution in [2.45, 2.75) is 6.61 Å². The zero-order valence-electron chi connectivity index (χ0n) is 16.2. The van der Waals surface area contributed by atoms with E-state index in [1.54, 1.807) is 7.11 Å². The van der Waals surface area contributed by atoms with E-state index in [-0.39, 0.29) is 6.61 Å². The van der Waals surface area contributed by atoms with Crippen LogP contribution in [0.15, 0.2) is 59.0 Å². The Balaban J connectivity index is 1.39. The molecular formula is C22H22N4O3. The predicted molar refractivity (Wildman–Crippen MR) is 109 cm³/mol. The minimum atomic E-state index is 0.158. The fraction of sp³-hybridized carbons (Fsp3) is 0.273. The van der Waals surface area contributed by atoms with Gasteiger partial charge in [0.25, 0.3) is 0 Å². The van der Waals surface area contributed by atoms with Crippen molar-refractivity contribution in [3.8, 4) is 17.6 Å². The van der Waals surface area contributed by atoms with E-state index in [0.29, 0.717) is 23.2 Å². The number of benzene rings is 2. The summed E-state index contributed by atoms with van der Waals surface area (Å²) in [5, 5.41) is 9.47. The van der Waals surface area contributed by atoms with Crippen LogP contribution in [0.2, 0.25) is 0 Å². The van der Waals surface area contributed by atoms with E-state index < -0.39 is 0 Å². The lowest BCUT2D eigenvalue weighted by Crippen LogP contribution is -2.46. The molecule has 0 aliphatic carbocycles. The third kappa shape index (κ3) is 4.27. The molecule has 0 unspecified atom stereocenters. The highest BCUT2D eigenvalue weighted by Crippen LogP contribution is 2.26. The van der Waals surface area contributed by atoms with Gasteiger partial charge >= 0.3 is 0 Å². The summed E-state index contributed by atoms with van der Waals surface area (Å²) in [5.41, 5.74) is 1.50. The first-order valence-corrected chi connectivity index (χ1v) is 9.48. The fourth-order valence-electron chi connectivity index (χ4n) is 3.33. The Morgan fingerprint density at radius 3 is 2.28 bits per heavy atom. The van der Waals surface area contributed by atoms with Gasteiger partial charge in [-0.3, -0.25) is 0 Å². The summed E-state index contributed by atoms with van der Waals surface area (Å²) < 4.78 is 16.7. The molecule has 2 aromatic carbocycles. The molecule has 148 valence electrons. The Bertz CT molecular complexity index is 972. The summed E-state index contributed by atoms with van der Waals surface area (Å²) in [6, 6.07) is 19.7. The number of hydrogen-bond donors (Lipinski definition) is 0. The van der Waals surface area contributed by atoms with E-state index in [4.69, 9.17) is 13.9 Å². The smallest absolute Gasteiger partial charge is 0.236 e. The van der Waals surface area contributed by atoms with Gasteiger partial charge in [0.15, 0.2) is 6.61 Å². The van der Waals surface area contributed by atoms with Gasteiger partial charge < -0.3 is 23.7 Å². The van der Waals surface area contributed by atoms with Crippen LogP contribution in [0.4, 0.5) is 11.6 Å². The second-order valence-electron chi connectivity index (χ2n) is 6.65. The number of anilines is 2. The monoisotopic (exact) mass is 390 g/mol. The van der Waals surface area contributed by atoms with Crippen molar-refractivity contribution in [1.82, 2.24) is 4.98 Å². The number of aromatic nitrogens is 1. The van der Waals surface area contributed by atoms with Crippen LogP contribution >= 0.6 is 0 Å². The molecule has 0 amide bonds. The van der Waals surface area contributed by atoms with Crippen molar-refractivity contribution in [2.24, 2.45) is 0 Å². The first kappa shape index (κ1) is 18.7. The fourth-order valence-corrected chi connectivity index (χ4v) is 3.33. The maximum absolute atomic E-state index is 9.47. The molecule has 4 rings (SSSR count). The molecule has 0 radical (unpaired) electrons. The summed E-state index contributed by atoms with van der Waals surface area (Å²) in [7, 11) is 1.62. The largest absolute Gasteiger partial charge is 0.497 e. The van der Waals surface area contributed by atoms with Gasteiger partial charge in [0.1, 0.15) is 17.6 Å². The van der Waals surface area contributed by atoms with Crippen molar-refractivity contribution in [3.05, 3.63) is 66.2 Å². The molecule has 1 aliphatic rings. The molecule has 3 aromatic rings. The van der Waals surface area contributed by atoms with Gasteiger partial charge in [0.2, 0.25) is 17.5 Å². The molecule has 0 saturated carbocycles. The molecule has 0 atom stereocenters. The molecule has 1 aromatic heterocycles. The number of hydrogen-bond acceptors (Lipinski definition) is 7. The lowest BCUT2D eigenvalue weighted by Gasteiger charge is -2.35. The van der Waals surface area contributed by atoms with Crippen LogP contribution in [0, 0.1) is 11.3 Å². The van der Waals surface area contributed by atoms with E-state index in [1.165, 1.54) is 5.69 Å². The van der Waals surface area contributed by atoms with Gasteiger partial charge in [-0.1, -0.05) is 18.2 Å². The highest BCUT2D eigenvalue weighted by atomic mass is 16.5. The summed E-state index contributed by atoms with van der Waals surface area (Å²) in [4.78, 5) is 8.69. The van der Waals surface area contributed by atoms with Crippen LogP contribution in [0.3, 0.4) is 0 Å². The number of nitriles is 1. The quantitative estimate of drug-likeness (QED) is 0.638. The number of rotatable bonds is 6. The first-order valence-electron chi connectivity index (χ1n) is 9.48. The number of ether oxygens (including phenoxy) is 2. The number of methoxy groups -OCH3 is 1. The lowest BCUT2D eigenvalue weighted by molar-refractivity contribution is 0.263. The van der Waals surface area contributed by atoms with Crippen LogP contribution in [0.1, 0.15) is 11.6 Å². The number of oxazole rings is 1. The minimum absolute atomic E-state index is 0.158. The van der Waals surface area contributed by atoms with Crippen molar-refractivity contribution >= 4 is 11.6 Å². The Morgan fingerprint density at radius 2 is 1.62 bits per heavy atom. The Hall–Kier alpha value is -3.66. The first-order chi connectivity index (χ1) is 14.3. The molecule has 1 fully saturated rings. The SMILES string of the molecule is COc1ccc(OCc2nc(C#N)c(N3CCN(c4ccccc4)CC3)o2)cc1. The third-order valence-electron chi connectivity index (χ3n) is 4.87. The van der Waals surface area contributed by atoms with Crippen molar-refractivity contribution in [1.29, 1.82) is 5.26 Å². The molecule has 1 saturated heterocycles. The highest BCUT2D eigenvalue weighted by Gasteiger charge is 2.24. The van der Waals surface area contributed by atoms with Crippen molar-refractivity contribution < 1.29 is 13.9 Å². The lowest BCUT2D eigenvalue weighted by atomic mass is 10.2. The van der Waals surface area contributed by atoms with Gasteiger partial charge in [0.05, 0.1) is 7.11 Å². The Morgan fingerprint density at radius 1 is 0.966 bits per heavy atom. The summed E-state index contributed by atoms with van der Waals surface area (Å²) in [5.74, 6) is 2.35. The molecular weight excluding hydrogens is 368 g/mol. The molecule has 0 N–H and O–H groups in total. The van der Waals surface area contributed by atoms with Gasteiger partial charge in [-0.2, -0.15) is 10.2 Å². The Labute approximate surface area is 169 Å². The second-order valence-corrected chi connectivity index (χ2v) is 6.65. The second kappa shape index (κ2) is 8.57. The maximum Gasteiger partial charge on any atom is 0.236 e. The van der Waals surface area contributed by atoms with Crippen LogP contribution in [0.5, 0.6) is 11.5 Å². The van der Waals surface area contributed by atoms with E-state index in [9.17, 15) is 5.26 Å². The number of piperazine rings is 1. The predicted octanol–water partition coefficient (Wildman–Crippen LogP) is 3.46. The van der Waals surface area contributed by atoms with E-state index in [0.717, 1.165) is 31.9 Å². The number of nitrogens with zero attached hydrogens (tertiary/aromatic N) is 4. The van der Waals surface area contributed by atoms with E-state index >= 15 is 0 Å². The molecule has 0 bridgehead atoms. The van der Waals surface area contributed by atoms with E-state index in [2.05, 4.69) is 33.0 Å². The van der Waals surface area contributed by atoms with Crippen LogP contribution in [-0.2, 0) is 6.61 Å². The normalized spacial score (nSPS) is 13.8. The average molecular weight is 390 g/mol. The van der Waals surface area contributed by atoms with Gasteiger partial charge in [-0.25, -0.2) is 0 Å². The molecule has 7 nitrogen and oxygen atoms in total. The molecule has 7 heteroatoms. The van der Waals surface area contributed by atoms with Crippen LogP contribution in [0.25, 0.3) is 0 Å². The standard InChI is InChI=1S/C22H22N4O3/c1-27-18-7-9-19(10-8-18)28-16-21-24-20(15-23)22(29-21)26-13-11-25(12-14-26)17-5-3-2-4-6-17/h2-10H,11-14,16H2,1H3. The molecule has 1 aliphatic heterocycles. The van der Waals surface area contributed by atoms with Crippen LogP contribution < -0.4 is 19.3 Å². The van der Waals surface area contributed by atoms with Gasteiger partial charge in [0, 0.05) is 31.9 Å². The highest BCUT2D eigenvalue weighted by molar-refractivity contribution is 5.52. The molecule has 29 heavy (non-hydrogen) atoms. The molecule has 0 spiro atoms. The zero-order valence-corrected chi connectivity index (χ0v) is 16.2. The summed E-state index contributed by atoms with van der Waals surface area (Å²) in [6.45, 7) is 3.39. The average Bonchev–Trinajstić information content (AvgIpc) is 3.22. The third-order valence-corrected chi connectivity index (χ3v) is 4.87. The summed E-state index contributed by atoms with van der Waals surface area (Å²) >= 11 is 0. The Kier molecular flexibility index (Phi) is 5.52. The molecule has 2 heterocycles. The van der Waals surface area contributed by atoms with Gasteiger partial charge in [-0.05, 0) is 36.4 Å². The van der Waals surface area contributed by atoms with Crippen LogP contribution in [-0.4, -0.2) is 38.3 Å². The topological polar surface area (TPSA) is 74.8 Å². The van der Waals surface area contributed by atoms with Gasteiger partial charge in [-0.15, -0.1) is 0 Å². The van der Waals surface area contributed by atoms with Crippen molar-refractivity contribution in [3.63, 3.8) is 0 Å². The van der Waals surface area contributed by atoms with E-state index in [1.807, 2.05) is 42.5 Å². The number of para-hydroxylation sites is 1. The minimum Gasteiger partial charge on any atom is -0.497 e. The van der Waals surface area contributed by atoms with Crippen molar-refractivity contribution in [2.75, 3.05) is 43.1 Å². The zero-order chi connectivity index (χ0) is 20.1. The summed E-state index contributed by atoms with van der Waals surface area (Å²) in [6.07, 6.45) is 0. The maximum atomic E-state index is 9.47.